The summed E-state index contributed by atoms with van der Waals surface area (Å²) >= 11 is 1.29. The summed E-state index contributed by atoms with van der Waals surface area (Å²) < 4.78 is 11.0. The smallest absolute Gasteiger partial charge is 0.350 e. The molecule has 0 aromatic carbocycles. The number of methoxy groups -OCH3 is 1. The third-order valence-corrected chi connectivity index (χ3v) is 6.81. The predicted octanol–water partition coefficient (Wildman–Crippen LogP) is 5.19. The standard InChI is InChI=1S/C25H33NO4S/c1-6-10-21-23(27)26(20(16-30-21)17-11-8-7-9-12-17)19-15-18(13-14-25(2,3)4)31-22(19)24(28)29-5/h6,15,17,20-21H,1,7-12,16H2,2-5H3/t20?,21-/m1/s1. The molecule has 6 heteroatoms. The molecule has 2 aliphatic rings. The summed E-state index contributed by atoms with van der Waals surface area (Å²) in [5.74, 6) is 6.21. The first-order chi connectivity index (χ1) is 14.7. The second-order valence-electron chi connectivity index (χ2n) is 9.34. The summed E-state index contributed by atoms with van der Waals surface area (Å²) in [6.07, 6.45) is 7.26. The van der Waals surface area contributed by atoms with Gasteiger partial charge in [-0.2, -0.15) is 0 Å². The number of anilines is 1. The highest BCUT2D eigenvalue weighted by molar-refractivity contribution is 7.15. The average Bonchev–Trinajstić information content (AvgIpc) is 3.17. The van der Waals surface area contributed by atoms with Crippen LogP contribution in [0.1, 0.15) is 73.8 Å². The second kappa shape index (κ2) is 10.0. The zero-order chi connectivity index (χ0) is 22.6. The first kappa shape index (κ1) is 23.6. The van der Waals surface area contributed by atoms with Gasteiger partial charge < -0.3 is 14.4 Å². The van der Waals surface area contributed by atoms with Gasteiger partial charge in [-0.15, -0.1) is 17.9 Å². The lowest BCUT2D eigenvalue weighted by Crippen LogP contribution is -2.57. The van der Waals surface area contributed by atoms with E-state index in [1.165, 1.54) is 24.9 Å². The molecular formula is C25H33NO4S. The maximum absolute atomic E-state index is 13.5. The normalized spacial score (nSPS) is 22.6. The Bertz CT molecular complexity index is 880. The van der Waals surface area contributed by atoms with Crippen molar-refractivity contribution < 1.29 is 19.1 Å². The maximum atomic E-state index is 13.5. The van der Waals surface area contributed by atoms with Crippen molar-refractivity contribution in [1.82, 2.24) is 0 Å². The van der Waals surface area contributed by atoms with Gasteiger partial charge in [-0.3, -0.25) is 4.79 Å². The van der Waals surface area contributed by atoms with Gasteiger partial charge in [0.2, 0.25) is 0 Å². The molecule has 0 spiro atoms. The zero-order valence-corrected chi connectivity index (χ0v) is 19.8. The van der Waals surface area contributed by atoms with Crippen LogP contribution >= 0.6 is 11.3 Å². The first-order valence-electron chi connectivity index (χ1n) is 11.1. The van der Waals surface area contributed by atoms with E-state index in [4.69, 9.17) is 9.47 Å². The Kier molecular flexibility index (Phi) is 7.61. The maximum Gasteiger partial charge on any atom is 0.350 e. The Morgan fingerprint density at radius 2 is 2.06 bits per heavy atom. The molecule has 0 radical (unpaired) electrons. The largest absolute Gasteiger partial charge is 0.465 e. The summed E-state index contributed by atoms with van der Waals surface area (Å²) in [4.78, 5) is 29.2. The molecule has 0 N–H and O–H groups in total. The lowest BCUT2D eigenvalue weighted by atomic mass is 9.82. The molecule has 2 fully saturated rings. The molecule has 1 aromatic heterocycles. The number of thiophene rings is 1. The predicted molar refractivity (Wildman–Crippen MR) is 124 cm³/mol. The Morgan fingerprint density at radius 3 is 2.68 bits per heavy atom. The third kappa shape index (κ3) is 5.58. The van der Waals surface area contributed by atoms with Gasteiger partial charge in [0.25, 0.3) is 5.91 Å². The molecule has 0 bridgehead atoms. The minimum Gasteiger partial charge on any atom is -0.465 e. The first-order valence-corrected chi connectivity index (χ1v) is 11.9. The Morgan fingerprint density at radius 1 is 1.35 bits per heavy atom. The molecule has 1 aliphatic heterocycles. The minimum atomic E-state index is -0.577. The third-order valence-electron chi connectivity index (χ3n) is 5.79. The Balaban J connectivity index is 2.06. The zero-order valence-electron chi connectivity index (χ0n) is 19.0. The number of carbonyl (C=O) groups is 2. The molecule has 1 saturated heterocycles. The summed E-state index contributed by atoms with van der Waals surface area (Å²) in [7, 11) is 1.37. The van der Waals surface area contributed by atoms with Crippen molar-refractivity contribution in [3.63, 3.8) is 0 Å². The number of morpholine rings is 1. The second-order valence-corrected chi connectivity index (χ2v) is 10.4. The van der Waals surface area contributed by atoms with Crippen LogP contribution in [0.5, 0.6) is 0 Å². The minimum absolute atomic E-state index is 0.0877. The SMILES string of the molecule is C=CC[C@H]1OCC(C2CCCCC2)N(c2cc(C#CC(C)(C)C)sc2C(=O)OC)C1=O. The molecule has 31 heavy (non-hydrogen) atoms. The molecule has 2 atom stereocenters. The fourth-order valence-electron chi connectivity index (χ4n) is 4.27. The summed E-state index contributed by atoms with van der Waals surface area (Å²) in [5, 5.41) is 0. The summed E-state index contributed by atoms with van der Waals surface area (Å²) in [6, 6.07) is 1.79. The van der Waals surface area contributed by atoms with Crippen molar-refractivity contribution in [2.45, 2.75) is 71.4 Å². The van der Waals surface area contributed by atoms with Crippen molar-refractivity contribution in [2.75, 3.05) is 18.6 Å². The van der Waals surface area contributed by atoms with Gasteiger partial charge in [0.15, 0.2) is 0 Å². The van der Waals surface area contributed by atoms with E-state index in [9.17, 15) is 9.59 Å². The van der Waals surface area contributed by atoms with Gasteiger partial charge in [-0.1, -0.05) is 37.2 Å². The van der Waals surface area contributed by atoms with Crippen LogP contribution in [0.15, 0.2) is 18.7 Å². The molecule has 1 saturated carbocycles. The van der Waals surface area contributed by atoms with E-state index in [1.54, 1.807) is 6.08 Å². The van der Waals surface area contributed by atoms with Crippen molar-refractivity contribution in [1.29, 1.82) is 0 Å². The van der Waals surface area contributed by atoms with Crippen LogP contribution in [0.2, 0.25) is 0 Å². The number of rotatable bonds is 5. The Hall–Kier alpha value is -2.10. The summed E-state index contributed by atoms with van der Waals surface area (Å²) in [5.41, 5.74) is 0.442. The average molecular weight is 444 g/mol. The highest BCUT2D eigenvalue weighted by Gasteiger charge is 2.42. The van der Waals surface area contributed by atoms with Crippen LogP contribution in [0.3, 0.4) is 0 Å². The monoisotopic (exact) mass is 443 g/mol. The molecule has 5 nitrogen and oxygen atoms in total. The molecular weight excluding hydrogens is 410 g/mol. The van der Waals surface area contributed by atoms with Crippen molar-refractivity contribution in [3.05, 3.63) is 28.5 Å². The van der Waals surface area contributed by atoms with E-state index in [0.29, 0.717) is 29.5 Å². The molecule has 3 rings (SSSR count). The lowest BCUT2D eigenvalue weighted by Gasteiger charge is -2.43. The number of nitrogens with zero attached hydrogens (tertiary/aromatic N) is 1. The number of ether oxygens (including phenoxy) is 2. The van der Waals surface area contributed by atoms with Crippen LogP contribution in [0.4, 0.5) is 5.69 Å². The molecule has 1 unspecified atom stereocenters. The highest BCUT2D eigenvalue weighted by Crippen LogP contribution is 2.39. The number of carbonyl (C=O) groups excluding carboxylic acids is 2. The van der Waals surface area contributed by atoms with Crippen LogP contribution in [-0.2, 0) is 14.3 Å². The molecule has 1 aliphatic carbocycles. The van der Waals surface area contributed by atoms with Gasteiger partial charge in [0.05, 0.1) is 30.3 Å². The van der Waals surface area contributed by atoms with E-state index >= 15 is 0 Å². The number of hydrogen-bond donors (Lipinski definition) is 0. The number of amides is 1. The quantitative estimate of drug-likeness (QED) is 0.357. The molecule has 2 heterocycles. The summed E-state index contributed by atoms with van der Waals surface area (Å²) in [6.45, 7) is 10.4. The fraction of sp³-hybridized carbons (Fsp3) is 0.600. The molecule has 1 amide bonds. The van der Waals surface area contributed by atoms with Crippen LogP contribution in [0, 0.1) is 23.2 Å². The number of esters is 1. The van der Waals surface area contributed by atoms with Gasteiger partial charge in [-0.05, 0) is 45.6 Å². The van der Waals surface area contributed by atoms with Gasteiger partial charge in [0, 0.05) is 11.8 Å². The fourth-order valence-corrected chi connectivity index (χ4v) is 5.19. The topological polar surface area (TPSA) is 55.8 Å². The van der Waals surface area contributed by atoms with Crippen LogP contribution < -0.4 is 4.90 Å². The number of hydrogen-bond acceptors (Lipinski definition) is 5. The van der Waals surface area contributed by atoms with Gasteiger partial charge in [-0.25, -0.2) is 4.79 Å². The van der Waals surface area contributed by atoms with Crippen molar-refractivity contribution >= 4 is 28.9 Å². The van der Waals surface area contributed by atoms with E-state index in [1.807, 2.05) is 31.7 Å². The molecule has 1 aromatic rings. The lowest BCUT2D eigenvalue weighted by molar-refractivity contribution is -0.137. The molecule has 168 valence electrons. The van der Waals surface area contributed by atoms with E-state index in [-0.39, 0.29) is 17.4 Å². The van der Waals surface area contributed by atoms with Crippen molar-refractivity contribution in [3.8, 4) is 11.8 Å². The van der Waals surface area contributed by atoms with Gasteiger partial charge in [0.1, 0.15) is 11.0 Å². The Labute approximate surface area is 189 Å². The van der Waals surface area contributed by atoms with Crippen molar-refractivity contribution in [2.24, 2.45) is 11.3 Å². The van der Waals surface area contributed by atoms with Crippen LogP contribution in [-0.4, -0.2) is 37.7 Å². The van der Waals surface area contributed by atoms with E-state index in [2.05, 4.69) is 18.4 Å². The van der Waals surface area contributed by atoms with E-state index < -0.39 is 12.1 Å². The van der Waals surface area contributed by atoms with E-state index in [0.717, 1.165) is 30.6 Å². The van der Waals surface area contributed by atoms with Gasteiger partial charge >= 0.3 is 5.97 Å². The van der Waals surface area contributed by atoms with Crippen LogP contribution in [0.25, 0.3) is 0 Å². The highest BCUT2D eigenvalue weighted by atomic mass is 32.1.